The molecule has 1 saturated heterocycles. The fourth-order valence-corrected chi connectivity index (χ4v) is 3.30. The maximum Gasteiger partial charge on any atom is 0.323 e. The summed E-state index contributed by atoms with van der Waals surface area (Å²) >= 11 is 6.15. The number of thioether (sulfide) groups is 1. The molecule has 0 aromatic heterocycles. The molecule has 128 valence electrons. The molecule has 0 unspecified atom stereocenters. The van der Waals surface area contributed by atoms with Gasteiger partial charge in [0.2, 0.25) is 0 Å². The van der Waals surface area contributed by atoms with Crippen LogP contribution < -0.4 is 9.47 Å². The molecule has 1 N–H and O–H groups in total. The van der Waals surface area contributed by atoms with Crippen LogP contribution in [0.3, 0.4) is 0 Å². The zero-order valence-electron chi connectivity index (χ0n) is 13.4. The van der Waals surface area contributed by atoms with Gasteiger partial charge in [0.05, 0.1) is 18.1 Å². The average Bonchev–Trinajstić information content (AvgIpc) is 2.75. The summed E-state index contributed by atoms with van der Waals surface area (Å²) in [4.78, 5) is 24.5. The van der Waals surface area contributed by atoms with Gasteiger partial charge in [0, 0.05) is 0 Å². The number of rotatable bonds is 6. The Labute approximate surface area is 149 Å². The average molecular weight is 367 g/mol. The quantitative estimate of drug-likeness (QED) is 0.612. The first kappa shape index (κ1) is 18.3. The molecular formula is C16H17NO5S2. The number of hydrogen-bond donors (Lipinski definition) is 1. The molecule has 0 spiro atoms. The van der Waals surface area contributed by atoms with Gasteiger partial charge in [0.1, 0.15) is 10.9 Å². The monoisotopic (exact) mass is 367 g/mol. The second kappa shape index (κ2) is 7.67. The van der Waals surface area contributed by atoms with Gasteiger partial charge in [-0.2, -0.15) is 0 Å². The molecule has 2 rings (SSSR count). The summed E-state index contributed by atoms with van der Waals surface area (Å²) in [6.45, 7) is 3.40. The molecule has 0 bridgehead atoms. The molecule has 0 radical (unpaired) electrons. The van der Waals surface area contributed by atoms with E-state index >= 15 is 0 Å². The Kier molecular flexibility index (Phi) is 5.84. The van der Waals surface area contributed by atoms with Crippen molar-refractivity contribution in [3.63, 3.8) is 0 Å². The normalized spacial score (nSPS) is 16.2. The highest BCUT2D eigenvalue weighted by Gasteiger charge is 2.33. The highest BCUT2D eigenvalue weighted by atomic mass is 32.2. The Balaban J connectivity index is 2.26. The first-order valence-corrected chi connectivity index (χ1v) is 8.36. The van der Waals surface area contributed by atoms with E-state index in [1.807, 2.05) is 13.8 Å². The van der Waals surface area contributed by atoms with E-state index in [9.17, 15) is 9.59 Å². The van der Waals surface area contributed by atoms with Gasteiger partial charge >= 0.3 is 5.97 Å². The van der Waals surface area contributed by atoms with Gasteiger partial charge in [0.25, 0.3) is 5.91 Å². The highest BCUT2D eigenvalue weighted by molar-refractivity contribution is 8.26. The van der Waals surface area contributed by atoms with Crippen LogP contribution in [0.4, 0.5) is 0 Å². The lowest BCUT2D eigenvalue weighted by atomic mass is 10.2. The number of carbonyl (C=O) groups excluding carboxylic acids is 1. The Bertz CT molecular complexity index is 714. The minimum absolute atomic E-state index is 0.0111. The number of carboxylic acid groups (broad SMARTS) is 1. The summed E-state index contributed by atoms with van der Waals surface area (Å²) < 4.78 is 11.2. The van der Waals surface area contributed by atoms with Gasteiger partial charge in [-0.25, -0.2) is 0 Å². The lowest BCUT2D eigenvalue weighted by molar-refractivity contribution is -0.140. The lowest BCUT2D eigenvalue weighted by Gasteiger charge is -2.14. The Hall–Kier alpha value is -2.06. The highest BCUT2D eigenvalue weighted by Crippen LogP contribution is 2.34. The number of methoxy groups -OCH3 is 1. The van der Waals surface area contributed by atoms with Crippen LogP contribution in [0.25, 0.3) is 6.08 Å². The molecular weight excluding hydrogens is 350 g/mol. The van der Waals surface area contributed by atoms with Crippen molar-refractivity contribution in [2.45, 2.75) is 20.0 Å². The van der Waals surface area contributed by atoms with Crippen molar-refractivity contribution in [1.82, 2.24) is 4.90 Å². The number of ether oxygens (including phenoxy) is 2. The molecule has 0 aliphatic carbocycles. The van der Waals surface area contributed by atoms with Crippen molar-refractivity contribution in [1.29, 1.82) is 0 Å². The van der Waals surface area contributed by atoms with Crippen molar-refractivity contribution < 1.29 is 24.2 Å². The molecule has 24 heavy (non-hydrogen) atoms. The number of hydrogen-bond acceptors (Lipinski definition) is 6. The number of benzene rings is 1. The van der Waals surface area contributed by atoms with Crippen LogP contribution in [-0.4, -0.2) is 46.0 Å². The summed E-state index contributed by atoms with van der Waals surface area (Å²) in [6.07, 6.45) is 1.67. The fourth-order valence-electron chi connectivity index (χ4n) is 2.05. The first-order valence-electron chi connectivity index (χ1n) is 7.13. The van der Waals surface area contributed by atoms with E-state index in [1.54, 1.807) is 31.4 Å². The zero-order chi connectivity index (χ0) is 17.9. The summed E-state index contributed by atoms with van der Waals surface area (Å²) in [5.74, 6) is -0.347. The maximum absolute atomic E-state index is 12.3. The van der Waals surface area contributed by atoms with Crippen LogP contribution in [0.5, 0.6) is 11.5 Å². The van der Waals surface area contributed by atoms with Gasteiger partial charge in [-0.05, 0) is 37.6 Å². The summed E-state index contributed by atoms with van der Waals surface area (Å²) in [5.41, 5.74) is 0.735. The minimum Gasteiger partial charge on any atom is -0.493 e. The summed E-state index contributed by atoms with van der Waals surface area (Å²) in [7, 11) is 1.54. The van der Waals surface area contributed by atoms with E-state index in [0.29, 0.717) is 16.4 Å². The van der Waals surface area contributed by atoms with E-state index < -0.39 is 18.4 Å². The van der Waals surface area contributed by atoms with Crippen molar-refractivity contribution in [3.05, 3.63) is 28.7 Å². The second-order valence-electron chi connectivity index (χ2n) is 5.24. The van der Waals surface area contributed by atoms with Crippen LogP contribution in [0.15, 0.2) is 23.1 Å². The number of carbonyl (C=O) groups is 2. The van der Waals surface area contributed by atoms with Crippen LogP contribution in [0, 0.1) is 0 Å². The Morgan fingerprint density at radius 3 is 2.71 bits per heavy atom. The standard InChI is InChI=1S/C16H17NO5S2/c1-9(2)22-11-5-4-10(6-12(11)21-3)7-13-15(20)17(8-14(18)19)16(23)24-13/h4-7,9H,8H2,1-3H3,(H,18,19)/b13-7+. The molecule has 8 heteroatoms. The van der Waals surface area contributed by atoms with Gasteiger partial charge in [0.15, 0.2) is 11.5 Å². The van der Waals surface area contributed by atoms with Gasteiger partial charge in [-0.3, -0.25) is 14.5 Å². The number of aliphatic carboxylic acids is 1. The van der Waals surface area contributed by atoms with Crippen molar-refractivity contribution in [2.24, 2.45) is 0 Å². The first-order chi connectivity index (χ1) is 11.3. The van der Waals surface area contributed by atoms with E-state index in [4.69, 9.17) is 26.8 Å². The number of carboxylic acids is 1. The molecule has 0 atom stereocenters. The number of nitrogens with zero attached hydrogens (tertiary/aromatic N) is 1. The topological polar surface area (TPSA) is 76.1 Å². The smallest absolute Gasteiger partial charge is 0.323 e. The van der Waals surface area contributed by atoms with Crippen LogP contribution in [0.1, 0.15) is 19.4 Å². The van der Waals surface area contributed by atoms with Gasteiger partial charge < -0.3 is 14.6 Å². The predicted molar refractivity (Wildman–Crippen MR) is 96.3 cm³/mol. The van der Waals surface area contributed by atoms with Crippen LogP contribution >= 0.6 is 24.0 Å². The Morgan fingerprint density at radius 1 is 1.42 bits per heavy atom. The fraction of sp³-hybridized carbons (Fsp3) is 0.312. The molecule has 0 saturated carbocycles. The molecule has 1 aromatic carbocycles. The molecule has 6 nitrogen and oxygen atoms in total. The molecule has 1 heterocycles. The van der Waals surface area contributed by atoms with E-state index in [2.05, 4.69) is 0 Å². The van der Waals surface area contributed by atoms with Crippen LogP contribution in [0.2, 0.25) is 0 Å². The molecule has 1 fully saturated rings. The SMILES string of the molecule is COc1cc(/C=C2/SC(=S)N(CC(=O)O)C2=O)ccc1OC(C)C. The van der Waals surface area contributed by atoms with Crippen LogP contribution in [-0.2, 0) is 9.59 Å². The van der Waals surface area contributed by atoms with Gasteiger partial charge in [-0.1, -0.05) is 30.0 Å². The number of amides is 1. The van der Waals surface area contributed by atoms with Crippen molar-refractivity contribution in [3.8, 4) is 11.5 Å². The van der Waals surface area contributed by atoms with Crippen molar-refractivity contribution >= 4 is 46.3 Å². The maximum atomic E-state index is 12.3. The third kappa shape index (κ3) is 4.27. The second-order valence-corrected chi connectivity index (χ2v) is 6.91. The zero-order valence-corrected chi connectivity index (χ0v) is 15.1. The van der Waals surface area contributed by atoms with Gasteiger partial charge in [-0.15, -0.1) is 0 Å². The van der Waals surface area contributed by atoms with E-state index in [0.717, 1.165) is 22.2 Å². The summed E-state index contributed by atoms with van der Waals surface area (Å²) in [5, 5.41) is 8.84. The molecule has 1 aliphatic rings. The van der Waals surface area contributed by atoms with E-state index in [1.165, 1.54) is 0 Å². The predicted octanol–water partition coefficient (Wildman–Crippen LogP) is 2.77. The largest absolute Gasteiger partial charge is 0.493 e. The van der Waals surface area contributed by atoms with Crippen molar-refractivity contribution in [2.75, 3.05) is 13.7 Å². The molecule has 1 aliphatic heterocycles. The third-order valence-electron chi connectivity index (χ3n) is 3.02. The number of thiocarbonyl (C=S) groups is 1. The molecule has 1 amide bonds. The minimum atomic E-state index is -1.11. The molecule has 1 aromatic rings. The van der Waals surface area contributed by atoms with E-state index in [-0.39, 0.29) is 10.4 Å². The Morgan fingerprint density at radius 2 is 2.12 bits per heavy atom. The lowest BCUT2D eigenvalue weighted by Crippen LogP contribution is -2.33. The third-order valence-corrected chi connectivity index (χ3v) is 4.39. The summed E-state index contributed by atoms with van der Waals surface area (Å²) in [6, 6.07) is 5.31.